The molecule has 0 atom stereocenters. The number of nitrogens with one attached hydrogen (secondary N) is 1. The van der Waals surface area contributed by atoms with Crippen LogP contribution in [0.4, 0.5) is 0 Å². The number of methoxy groups -OCH3 is 2. The van der Waals surface area contributed by atoms with Gasteiger partial charge in [0.25, 0.3) is 11.9 Å². The van der Waals surface area contributed by atoms with Crippen LogP contribution in [0.5, 0.6) is 11.5 Å². The molecule has 9 heteroatoms. The molecule has 0 fully saturated rings. The van der Waals surface area contributed by atoms with Crippen molar-refractivity contribution in [1.82, 2.24) is 30.0 Å². The first-order chi connectivity index (χ1) is 16.6. The first kappa shape index (κ1) is 22.9. The predicted molar refractivity (Wildman–Crippen MR) is 127 cm³/mol. The van der Waals surface area contributed by atoms with Crippen LogP contribution >= 0.6 is 0 Å². The Kier molecular flexibility index (Phi) is 7.12. The van der Waals surface area contributed by atoms with Crippen LogP contribution in [-0.4, -0.2) is 51.4 Å². The summed E-state index contributed by atoms with van der Waals surface area (Å²) in [7, 11) is 3.21. The zero-order valence-electron chi connectivity index (χ0n) is 19.4. The number of carbonyl (C=O) groups is 1. The van der Waals surface area contributed by atoms with Crippen molar-refractivity contribution >= 4 is 5.91 Å². The second-order valence-corrected chi connectivity index (χ2v) is 7.58. The Morgan fingerprint density at radius 2 is 1.88 bits per heavy atom. The summed E-state index contributed by atoms with van der Waals surface area (Å²) in [5.74, 6) is 1.53. The zero-order chi connectivity index (χ0) is 23.9. The van der Waals surface area contributed by atoms with Crippen LogP contribution in [0.3, 0.4) is 0 Å². The fourth-order valence-electron chi connectivity index (χ4n) is 3.59. The molecule has 0 bridgehead atoms. The van der Waals surface area contributed by atoms with Crippen molar-refractivity contribution in [2.24, 2.45) is 0 Å². The number of aryl methyl sites for hydroxylation is 1. The molecular weight excluding hydrogens is 432 g/mol. The number of ether oxygens (including phenoxy) is 2. The summed E-state index contributed by atoms with van der Waals surface area (Å²) >= 11 is 0. The molecule has 0 radical (unpaired) electrons. The Morgan fingerprint density at radius 1 is 1.06 bits per heavy atom. The molecule has 34 heavy (non-hydrogen) atoms. The lowest BCUT2D eigenvalue weighted by Crippen LogP contribution is -2.25. The molecule has 0 saturated carbocycles. The van der Waals surface area contributed by atoms with Gasteiger partial charge < -0.3 is 14.8 Å². The van der Waals surface area contributed by atoms with Crippen LogP contribution in [0.25, 0.3) is 17.2 Å². The summed E-state index contributed by atoms with van der Waals surface area (Å²) in [6.07, 6.45) is 8.43. The summed E-state index contributed by atoms with van der Waals surface area (Å²) in [5.41, 5.74) is 3.75. The average molecular weight is 459 g/mol. The molecule has 1 N–H and O–H groups in total. The number of pyridine rings is 1. The summed E-state index contributed by atoms with van der Waals surface area (Å²) < 4.78 is 12.4. The van der Waals surface area contributed by atoms with Crippen LogP contribution in [0.15, 0.2) is 61.2 Å². The van der Waals surface area contributed by atoms with E-state index in [0.29, 0.717) is 40.9 Å². The van der Waals surface area contributed by atoms with Gasteiger partial charge in [-0.25, -0.2) is 14.6 Å². The van der Waals surface area contributed by atoms with Gasteiger partial charge in [0.05, 0.1) is 37.4 Å². The van der Waals surface area contributed by atoms with Crippen LogP contribution in [-0.2, 0) is 6.42 Å². The van der Waals surface area contributed by atoms with E-state index in [9.17, 15) is 4.79 Å². The number of nitrogens with zero attached hydrogens (tertiary/aromatic N) is 5. The maximum atomic E-state index is 12.7. The smallest absolute Gasteiger partial charge is 0.254 e. The van der Waals surface area contributed by atoms with Gasteiger partial charge in [-0.05, 0) is 61.7 Å². The molecule has 9 nitrogen and oxygen atoms in total. The van der Waals surface area contributed by atoms with Gasteiger partial charge in [0.15, 0.2) is 0 Å². The lowest BCUT2D eigenvalue weighted by Gasteiger charge is -2.11. The van der Waals surface area contributed by atoms with E-state index in [1.165, 1.54) is 11.8 Å². The molecular formula is C25H26N6O3. The molecule has 0 spiro atoms. The van der Waals surface area contributed by atoms with E-state index in [0.717, 1.165) is 18.4 Å². The molecule has 0 aliphatic heterocycles. The molecule has 174 valence electrons. The normalized spacial score (nSPS) is 10.7. The van der Waals surface area contributed by atoms with Gasteiger partial charge in [-0.2, -0.15) is 5.10 Å². The maximum Gasteiger partial charge on any atom is 0.254 e. The molecule has 0 aliphatic carbocycles. The Balaban J connectivity index is 1.49. The number of hydrogen-bond donors (Lipinski definition) is 1. The number of aromatic nitrogens is 5. The number of benzene rings is 1. The van der Waals surface area contributed by atoms with Gasteiger partial charge in [0, 0.05) is 30.7 Å². The van der Waals surface area contributed by atoms with Crippen molar-refractivity contribution in [1.29, 1.82) is 0 Å². The minimum atomic E-state index is -0.177. The third-order valence-electron chi connectivity index (χ3n) is 5.45. The Labute approximate surface area is 197 Å². The second kappa shape index (κ2) is 10.6. The molecule has 3 aromatic heterocycles. The molecule has 0 unspecified atom stereocenters. The highest BCUT2D eigenvalue weighted by Gasteiger charge is 2.17. The first-order valence-corrected chi connectivity index (χ1v) is 10.9. The summed E-state index contributed by atoms with van der Waals surface area (Å²) in [4.78, 5) is 25.7. The quantitative estimate of drug-likeness (QED) is 0.383. The average Bonchev–Trinajstić information content (AvgIpc) is 3.28. The lowest BCUT2D eigenvalue weighted by molar-refractivity contribution is 0.0952. The van der Waals surface area contributed by atoms with E-state index in [4.69, 9.17) is 9.47 Å². The largest absolute Gasteiger partial charge is 0.497 e. The van der Waals surface area contributed by atoms with Crippen LogP contribution in [0, 0.1) is 6.92 Å². The van der Waals surface area contributed by atoms with Gasteiger partial charge in [-0.15, -0.1) is 0 Å². The number of amides is 1. The highest BCUT2D eigenvalue weighted by atomic mass is 16.5. The molecule has 4 rings (SSSR count). The molecule has 0 aliphatic rings. The Hall–Kier alpha value is -4.27. The number of rotatable bonds is 9. The van der Waals surface area contributed by atoms with Crippen LogP contribution in [0.2, 0.25) is 0 Å². The van der Waals surface area contributed by atoms with Gasteiger partial charge >= 0.3 is 0 Å². The van der Waals surface area contributed by atoms with Crippen molar-refractivity contribution in [3.63, 3.8) is 0 Å². The van der Waals surface area contributed by atoms with Crippen molar-refractivity contribution in [3.8, 4) is 28.7 Å². The van der Waals surface area contributed by atoms with E-state index < -0.39 is 0 Å². The maximum absolute atomic E-state index is 12.7. The summed E-state index contributed by atoms with van der Waals surface area (Å²) in [5, 5.41) is 7.32. The second-order valence-electron chi connectivity index (χ2n) is 7.58. The highest BCUT2D eigenvalue weighted by molar-refractivity contribution is 5.95. The van der Waals surface area contributed by atoms with Gasteiger partial charge in [-0.3, -0.25) is 9.78 Å². The van der Waals surface area contributed by atoms with Crippen molar-refractivity contribution in [3.05, 3.63) is 78.0 Å². The molecule has 1 aromatic carbocycles. The van der Waals surface area contributed by atoms with Crippen molar-refractivity contribution < 1.29 is 14.3 Å². The van der Waals surface area contributed by atoms with Crippen LogP contribution < -0.4 is 14.8 Å². The Bertz CT molecular complexity index is 1270. The van der Waals surface area contributed by atoms with Gasteiger partial charge in [-0.1, -0.05) is 0 Å². The highest BCUT2D eigenvalue weighted by Crippen LogP contribution is 2.32. The summed E-state index contributed by atoms with van der Waals surface area (Å²) in [6, 6.07) is 11.2. The Morgan fingerprint density at radius 3 is 2.65 bits per heavy atom. The minimum absolute atomic E-state index is 0.177. The zero-order valence-corrected chi connectivity index (χ0v) is 19.4. The van der Waals surface area contributed by atoms with E-state index in [1.807, 2.05) is 37.3 Å². The SMILES string of the molecule is COc1ccc(OC)c(-c2ccnc(-n3ncc(C(=O)NCCCc4ccncc4)c3C)n2)c1. The standard InChI is InChI=1S/C25H26N6O3/c1-17-21(24(32)27-11-4-5-18-8-12-26-13-9-18)16-29-31(17)25-28-14-10-22(30-25)20-15-19(33-2)6-7-23(20)34-3/h6-10,12-16H,4-5,11H2,1-3H3,(H,27,32). The fraction of sp³-hybridized carbons (Fsp3) is 0.240. The number of hydrogen-bond acceptors (Lipinski definition) is 7. The van der Waals surface area contributed by atoms with Gasteiger partial charge in [0.2, 0.25) is 0 Å². The fourth-order valence-corrected chi connectivity index (χ4v) is 3.59. The predicted octanol–water partition coefficient (Wildman–Crippen LogP) is 3.41. The van der Waals surface area contributed by atoms with E-state index in [-0.39, 0.29) is 5.91 Å². The van der Waals surface area contributed by atoms with E-state index in [2.05, 4.69) is 25.4 Å². The summed E-state index contributed by atoms with van der Waals surface area (Å²) in [6.45, 7) is 2.38. The third-order valence-corrected chi connectivity index (χ3v) is 5.45. The molecule has 3 heterocycles. The molecule has 4 aromatic rings. The van der Waals surface area contributed by atoms with Crippen LogP contribution in [0.1, 0.15) is 28.0 Å². The molecule has 0 saturated heterocycles. The first-order valence-electron chi connectivity index (χ1n) is 10.9. The van der Waals surface area contributed by atoms with E-state index in [1.54, 1.807) is 43.6 Å². The van der Waals surface area contributed by atoms with Crippen molar-refractivity contribution in [2.75, 3.05) is 20.8 Å². The lowest BCUT2D eigenvalue weighted by atomic mass is 10.1. The topological polar surface area (TPSA) is 104 Å². The van der Waals surface area contributed by atoms with Gasteiger partial charge in [0.1, 0.15) is 11.5 Å². The monoisotopic (exact) mass is 458 g/mol. The molecule has 1 amide bonds. The third kappa shape index (κ3) is 5.03. The minimum Gasteiger partial charge on any atom is -0.497 e. The number of carbonyl (C=O) groups excluding carboxylic acids is 1. The van der Waals surface area contributed by atoms with E-state index >= 15 is 0 Å². The van der Waals surface area contributed by atoms with Crippen molar-refractivity contribution in [2.45, 2.75) is 19.8 Å².